The second-order valence-electron chi connectivity index (χ2n) is 4.72. The number of benzene rings is 2. The van der Waals surface area contributed by atoms with E-state index >= 15 is 0 Å². The Morgan fingerprint density at radius 3 is 2.29 bits per heavy atom. The summed E-state index contributed by atoms with van der Waals surface area (Å²) in [6.45, 7) is 8.06. The second-order valence-corrected chi connectivity index (χ2v) is 4.72. The minimum Gasteiger partial charge on any atom is -0.494 e. The van der Waals surface area contributed by atoms with Crippen LogP contribution in [0.4, 0.5) is 0 Å². The van der Waals surface area contributed by atoms with Crippen LogP contribution in [-0.4, -0.2) is 6.61 Å². The quantitative estimate of drug-likeness (QED) is 0.501. The fraction of sp³-hybridized carbons (Fsp3) is 0.100. The van der Waals surface area contributed by atoms with Crippen LogP contribution < -0.4 is 0 Å². The van der Waals surface area contributed by atoms with Crippen molar-refractivity contribution in [2.75, 3.05) is 6.61 Å². The molecule has 1 heteroatoms. The van der Waals surface area contributed by atoms with Crippen molar-refractivity contribution in [1.29, 1.82) is 0 Å². The fourth-order valence-electron chi connectivity index (χ4n) is 2.02. The molecule has 0 saturated heterocycles. The molecule has 0 aliphatic rings. The molecule has 0 aliphatic heterocycles. The Kier molecular flexibility index (Phi) is 5.60. The van der Waals surface area contributed by atoms with E-state index in [1.807, 2.05) is 18.2 Å². The molecule has 0 radical (unpaired) electrons. The number of rotatable bonds is 7. The summed E-state index contributed by atoms with van der Waals surface area (Å²) in [6, 6.07) is 19.0. The Hall–Kier alpha value is -2.54. The standard InChI is InChI=1S/C20H20O/c1-3-4-8-17(2)21-16-15-18-11-13-20(14-12-18)19-9-6-5-7-10-19/h3-14H,1-2,15-16H2/b8-4-. The van der Waals surface area contributed by atoms with Gasteiger partial charge in [0.25, 0.3) is 0 Å². The van der Waals surface area contributed by atoms with Gasteiger partial charge in [0.2, 0.25) is 0 Å². The van der Waals surface area contributed by atoms with Crippen LogP contribution in [0.5, 0.6) is 0 Å². The molecule has 2 rings (SSSR count). The van der Waals surface area contributed by atoms with Crippen molar-refractivity contribution >= 4 is 0 Å². The van der Waals surface area contributed by atoms with Gasteiger partial charge in [0, 0.05) is 6.42 Å². The van der Waals surface area contributed by atoms with Crippen molar-refractivity contribution in [2.24, 2.45) is 0 Å². The van der Waals surface area contributed by atoms with Gasteiger partial charge in [0.15, 0.2) is 0 Å². The minimum atomic E-state index is 0.630. The highest BCUT2D eigenvalue weighted by atomic mass is 16.5. The molecule has 0 aromatic heterocycles. The lowest BCUT2D eigenvalue weighted by molar-refractivity contribution is 0.230. The third-order valence-corrected chi connectivity index (χ3v) is 3.16. The van der Waals surface area contributed by atoms with E-state index in [0.717, 1.165) is 6.42 Å². The molecular weight excluding hydrogens is 256 g/mol. The highest BCUT2D eigenvalue weighted by Gasteiger charge is 1.98. The Morgan fingerprint density at radius 2 is 1.62 bits per heavy atom. The van der Waals surface area contributed by atoms with Crippen molar-refractivity contribution in [2.45, 2.75) is 6.42 Å². The molecule has 0 aliphatic carbocycles. The molecule has 0 bridgehead atoms. The first-order valence-electron chi connectivity index (χ1n) is 7.05. The number of hydrogen-bond acceptors (Lipinski definition) is 1. The zero-order valence-electron chi connectivity index (χ0n) is 12.2. The van der Waals surface area contributed by atoms with Gasteiger partial charge in [-0.2, -0.15) is 0 Å². The van der Waals surface area contributed by atoms with Gasteiger partial charge in [0.1, 0.15) is 5.76 Å². The fourth-order valence-corrected chi connectivity index (χ4v) is 2.02. The summed E-state index contributed by atoms with van der Waals surface area (Å²) >= 11 is 0. The summed E-state index contributed by atoms with van der Waals surface area (Å²) < 4.78 is 5.53. The average molecular weight is 276 g/mol. The van der Waals surface area contributed by atoms with E-state index in [4.69, 9.17) is 4.74 Å². The maximum Gasteiger partial charge on any atom is 0.112 e. The molecule has 0 spiro atoms. The Balaban J connectivity index is 1.87. The van der Waals surface area contributed by atoms with E-state index in [1.54, 1.807) is 6.08 Å². The van der Waals surface area contributed by atoms with Crippen molar-refractivity contribution in [1.82, 2.24) is 0 Å². The summed E-state index contributed by atoms with van der Waals surface area (Å²) in [4.78, 5) is 0. The van der Waals surface area contributed by atoms with E-state index in [0.29, 0.717) is 12.4 Å². The largest absolute Gasteiger partial charge is 0.494 e. The molecule has 106 valence electrons. The predicted molar refractivity (Wildman–Crippen MR) is 90.0 cm³/mol. The summed E-state index contributed by atoms with van der Waals surface area (Å²) in [5, 5.41) is 0. The molecule has 1 nitrogen and oxygen atoms in total. The number of allylic oxidation sites excluding steroid dienone is 3. The van der Waals surface area contributed by atoms with Gasteiger partial charge in [-0.1, -0.05) is 79.9 Å². The number of ether oxygens (including phenoxy) is 1. The summed E-state index contributed by atoms with van der Waals surface area (Å²) in [6.07, 6.45) is 6.20. The van der Waals surface area contributed by atoms with Crippen LogP contribution in [0.3, 0.4) is 0 Å². The van der Waals surface area contributed by atoms with Gasteiger partial charge in [-0.05, 0) is 22.8 Å². The lowest BCUT2D eigenvalue weighted by atomic mass is 10.0. The second kappa shape index (κ2) is 7.91. The lowest BCUT2D eigenvalue weighted by Crippen LogP contribution is -1.96. The van der Waals surface area contributed by atoms with Crippen LogP contribution >= 0.6 is 0 Å². The molecule has 0 fully saturated rings. The van der Waals surface area contributed by atoms with Crippen molar-refractivity contribution in [3.63, 3.8) is 0 Å². The van der Waals surface area contributed by atoms with Crippen LogP contribution in [0.25, 0.3) is 11.1 Å². The summed E-state index contributed by atoms with van der Waals surface area (Å²) in [5.74, 6) is 0.663. The van der Waals surface area contributed by atoms with E-state index in [1.165, 1.54) is 16.7 Å². The van der Waals surface area contributed by atoms with E-state index in [-0.39, 0.29) is 0 Å². The predicted octanol–water partition coefficient (Wildman–Crippen LogP) is 5.17. The van der Waals surface area contributed by atoms with Gasteiger partial charge < -0.3 is 4.74 Å². The van der Waals surface area contributed by atoms with E-state index in [2.05, 4.69) is 61.7 Å². The third kappa shape index (κ3) is 4.81. The minimum absolute atomic E-state index is 0.630. The van der Waals surface area contributed by atoms with Crippen molar-refractivity contribution in [3.8, 4) is 11.1 Å². The Bertz CT molecular complexity index is 606. The van der Waals surface area contributed by atoms with Crippen LogP contribution in [0, 0.1) is 0 Å². The van der Waals surface area contributed by atoms with Crippen LogP contribution in [-0.2, 0) is 11.2 Å². The molecule has 0 atom stereocenters. The molecule has 0 N–H and O–H groups in total. The van der Waals surface area contributed by atoms with E-state index in [9.17, 15) is 0 Å². The Morgan fingerprint density at radius 1 is 0.952 bits per heavy atom. The monoisotopic (exact) mass is 276 g/mol. The highest BCUT2D eigenvalue weighted by molar-refractivity contribution is 5.63. The highest BCUT2D eigenvalue weighted by Crippen LogP contribution is 2.19. The average Bonchev–Trinajstić information content (AvgIpc) is 2.54. The summed E-state index contributed by atoms with van der Waals surface area (Å²) in [7, 11) is 0. The molecule has 0 saturated carbocycles. The van der Waals surface area contributed by atoms with Gasteiger partial charge in [-0.15, -0.1) is 0 Å². The van der Waals surface area contributed by atoms with Gasteiger partial charge in [0.05, 0.1) is 6.61 Å². The SMILES string of the molecule is C=C/C=C\C(=C)OCCc1ccc(-c2ccccc2)cc1. The molecule has 21 heavy (non-hydrogen) atoms. The van der Waals surface area contributed by atoms with E-state index < -0.39 is 0 Å². The lowest BCUT2D eigenvalue weighted by Gasteiger charge is -2.07. The normalized spacial score (nSPS) is 10.5. The van der Waals surface area contributed by atoms with Gasteiger partial charge in [-0.25, -0.2) is 0 Å². The summed E-state index contributed by atoms with van der Waals surface area (Å²) in [5.41, 5.74) is 3.73. The molecule has 0 amide bonds. The molecule has 2 aromatic rings. The molecular formula is C20H20O. The topological polar surface area (TPSA) is 9.23 Å². The zero-order chi connectivity index (χ0) is 14.9. The zero-order valence-corrected chi connectivity index (χ0v) is 12.2. The maximum absolute atomic E-state index is 5.53. The first-order chi connectivity index (χ1) is 10.3. The van der Waals surface area contributed by atoms with Crippen molar-refractivity contribution < 1.29 is 4.74 Å². The maximum atomic E-state index is 5.53. The van der Waals surface area contributed by atoms with Crippen LogP contribution in [0.1, 0.15) is 5.56 Å². The molecule has 0 unspecified atom stereocenters. The first-order valence-corrected chi connectivity index (χ1v) is 7.05. The smallest absolute Gasteiger partial charge is 0.112 e. The third-order valence-electron chi connectivity index (χ3n) is 3.16. The molecule has 0 heterocycles. The molecule has 2 aromatic carbocycles. The Labute approximate surface area is 126 Å². The van der Waals surface area contributed by atoms with Gasteiger partial charge in [-0.3, -0.25) is 0 Å². The first kappa shape index (κ1) is 14.9. The van der Waals surface area contributed by atoms with Crippen molar-refractivity contribution in [3.05, 3.63) is 97.3 Å². The van der Waals surface area contributed by atoms with Crippen LogP contribution in [0.2, 0.25) is 0 Å². The van der Waals surface area contributed by atoms with Gasteiger partial charge >= 0.3 is 0 Å². The van der Waals surface area contributed by atoms with Crippen LogP contribution in [0.15, 0.2) is 91.7 Å². The number of hydrogen-bond donors (Lipinski definition) is 0.